The number of anilines is 3. The zero-order valence-electron chi connectivity index (χ0n) is 20.2. The van der Waals surface area contributed by atoms with Gasteiger partial charge in [0.15, 0.2) is 11.6 Å². The van der Waals surface area contributed by atoms with Crippen LogP contribution in [-0.4, -0.2) is 52.3 Å². The molecule has 4 rings (SSSR count). The molecule has 0 atom stereocenters. The Morgan fingerprint density at radius 2 is 1.92 bits per heavy atom. The van der Waals surface area contributed by atoms with E-state index in [1.54, 1.807) is 6.07 Å². The minimum absolute atomic E-state index is 0.0125. The molecule has 0 aliphatic carbocycles. The largest absolute Gasteiger partial charge is 0.490 e. The quantitative estimate of drug-likeness (QED) is 0.306. The van der Waals surface area contributed by atoms with Crippen molar-refractivity contribution in [2.75, 3.05) is 36.5 Å². The number of nitrogens with one attached hydrogen (secondary N) is 1. The van der Waals surface area contributed by atoms with Crippen LogP contribution < -0.4 is 15.0 Å². The minimum atomic E-state index is -1.34. The van der Waals surface area contributed by atoms with Crippen molar-refractivity contribution in [3.05, 3.63) is 70.9 Å². The normalized spacial score (nSPS) is 13.8. The molecule has 8 nitrogen and oxygen atoms in total. The monoisotopic (exact) mass is 531 g/mol. The second kappa shape index (κ2) is 12.6. The molecule has 2 N–H and O–H groups in total. The van der Waals surface area contributed by atoms with Gasteiger partial charge in [0.25, 0.3) is 0 Å². The van der Waals surface area contributed by atoms with Crippen molar-refractivity contribution in [3.63, 3.8) is 0 Å². The number of carboxylic acid groups (broad SMARTS) is 1. The van der Waals surface area contributed by atoms with Gasteiger partial charge in [-0.25, -0.2) is 18.6 Å². The molecule has 0 bridgehead atoms. The Kier molecular flexibility index (Phi) is 9.08. The van der Waals surface area contributed by atoms with E-state index >= 15 is 0 Å². The fourth-order valence-electron chi connectivity index (χ4n) is 4.12. The lowest BCUT2D eigenvalue weighted by atomic mass is 10.1. The highest BCUT2D eigenvalue weighted by molar-refractivity contribution is 6.30. The van der Waals surface area contributed by atoms with Gasteiger partial charge in [-0.2, -0.15) is 4.98 Å². The zero-order valence-corrected chi connectivity index (χ0v) is 20.9. The van der Waals surface area contributed by atoms with Gasteiger partial charge in [-0.3, -0.25) is 4.90 Å². The van der Waals surface area contributed by atoms with E-state index in [1.807, 2.05) is 0 Å². The molecule has 11 heteroatoms. The number of nitrogens with zero attached hydrogens (tertiary/aromatic N) is 4. The van der Waals surface area contributed by atoms with Gasteiger partial charge in [0, 0.05) is 35.1 Å². The van der Waals surface area contributed by atoms with Gasteiger partial charge >= 0.3 is 6.09 Å². The van der Waals surface area contributed by atoms with Crippen LogP contribution in [0.4, 0.5) is 31.0 Å². The topological polar surface area (TPSA) is 90.8 Å². The van der Waals surface area contributed by atoms with E-state index in [4.69, 9.17) is 16.3 Å². The smallest absolute Gasteiger partial charge is 0.413 e. The highest BCUT2D eigenvalue weighted by atomic mass is 35.5. The average molecular weight is 532 g/mol. The van der Waals surface area contributed by atoms with Crippen LogP contribution in [0.1, 0.15) is 31.2 Å². The van der Waals surface area contributed by atoms with Gasteiger partial charge in [0.1, 0.15) is 11.6 Å². The van der Waals surface area contributed by atoms with E-state index in [0.29, 0.717) is 12.3 Å². The summed E-state index contributed by atoms with van der Waals surface area (Å²) in [7, 11) is 0. The van der Waals surface area contributed by atoms with Crippen LogP contribution in [0.25, 0.3) is 0 Å². The first-order valence-electron chi connectivity index (χ1n) is 12.1. The third kappa shape index (κ3) is 7.50. The summed E-state index contributed by atoms with van der Waals surface area (Å²) in [5, 5.41) is 12.8. The molecule has 196 valence electrons. The minimum Gasteiger partial charge on any atom is -0.490 e. The van der Waals surface area contributed by atoms with Crippen LogP contribution in [-0.2, 0) is 6.54 Å². The predicted molar refractivity (Wildman–Crippen MR) is 138 cm³/mol. The van der Waals surface area contributed by atoms with Crippen LogP contribution in [0.2, 0.25) is 5.02 Å². The molecule has 1 aromatic heterocycles. The number of ether oxygens (including phenoxy) is 1. The summed E-state index contributed by atoms with van der Waals surface area (Å²) in [4.78, 5) is 23.4. The standard InChI is InChI=1S/C26H28ClF2N5O3/c27-19-5-7-21(28)18(15-19)17-34(26(35)36)24-9-10-30-25(32-24)31-20-6-8-23(22(29)16-20)37-14-4-13-33-11-2-1-3-12-33/h5-10,15-16H,1-4,11-14,17H2,(H,35,36)(H,30,31,32). The van der Waals surface area contributed by atoms with Crippen LogP contribution in [0.3, 0.4) is 0 Å². The van der Waals surface area contributed by atoms with Crippen LogP contribution >= 0.6 is 11.6 Å². The SMILES string of the molecule is O=C(O)N(Cc1cc(Cl)ccc1F)c1ccnc(Nc2ccc(OCCCN3CCCCC3)c(F)c2)n1. The van der Waals surface area contributed by atoms with Gasteiger partial charge in [0.2, 0.25) is 5.95 Å². The van der Waals surface area contributed by atoms with Gasteiger partial charge < -0.3 is 20.1 Å². The number of benzene rings is 2. The lowest BCUT2D eigenvalue weighted by Gasteiger charge is -2.26. The molecule has 1 saturated heterocycles. The molecule has 1 aliphatic heterocycles. The first kappa shape index (κ1) is 26.6. The van der Waals surface area contributed by atoms with Gasteiger partial charge in [-0.1, -0.05) is 18.0 Å². The zero-order chi connectivity index (χ0) is 26.2. The van der Waals surface area contributed by atoms with E-state index in [1.165, 1.54) is 61.9 Å². The molecule has 1 fully saturated rings. The van der Waals surface area contributed by atoms with Crippen molar-refractivity contribution in [1.29, 1.82) is 0 Å². The Labute approximate surface area is 218 Å². The molecular formula is C26H28ClF2N5O3. The number of rotatable bonds is 10. The summed E-state index contributed by atoms with van der Waals surface area (Å²) in [5.41, 5.74) is 0.453. The predicted octanol–water partition coefficient (Wildman–Crippen LogP) is 6.09. The van der Waals surface area contributed by atoms with E-state index in [0.717, 1.165) is 31.0 Å². The number of hydrogen-bond donors (Lipinski definition) is 2. The Morgan fingerprint density at radius 1 is 1.11 bits per heavy atom. The number of amides is 1. The van der Waals surface area contributed by atoms with Crippen molar-refractivity contribution in [2.45, 2.75) is 32.2 Å². The summed E-state index contributed by atoms with van der Waals surface area (Å²) >= 11 is 5.92. The Hall–Kier alpha value is -3.50. The van der Waals surface area contributed by atoms with Crippen LogP contribution in [0.15, 0.2) is 48.7 Å². The summed E-state index contributed by atoms with van der Waals surface area (Å²) < 4.78 is 34.4. The van der Waals surface area contributed by atoms with E-state index in [-0.39, 0.29) is 34.6 Å². The molecule has 0 saturated carbocycles. The van der Waals surface area contributed by atoms with E-state index in [2.05, 4.69) is 20.2 Å². The van der Waals surface area contributed by atoms with Crippen LogP contribution in [0.5, 0.6) is 5.75 Å². The number of likely N-dealkylation sites (tertiary alicyclic amines) is 1. The molecule has 1 amide bonds. The van der Waals surface area contributed by atoms with E-state index < -0.39 is 17.7 Å². The Balaban J connectivity index is 1.38. The van der Waals surface area contributed by atoms with Crippen molar-refractivity contribution < 1.29 is 23.4 Å². The van der Waals surface area contributed by atoms with E-state index in [9.17, 15) is 18.7 Å². The number of piperidine rings is 1. The molecule has 3 aromatic rings. The Bertz CT molecular complexity index is 1230. The number of carbonyl (C=O) groups is 1. The second-order valence-corrected chi connectivity index (χ2v) is 9.15. The maximum atomic E-state index is 14.6. The summed E-state index contributed by atoms with van der Waals surface area (Å²) in [6.07, 6.45) is 4.58. The first-order valence-corrected chi connectivity index (χ1v) is 12.5. The van der Waals surface area contributed by atoms with Crippen molar-refractivity contribution in [3.8, 4) is 5.75 Å². The molecule has 2 heterocycles. The van der Waals surface area contributed by atoms with Gasteiger partial charge in [0.05, 0.1) is 13.2 Å². The third-order valence-corrected chi connectivity index (χ3v) is 6.23. The number of hydrogen-bond acceptors (Lipinski definition) is 6. The lowest BCUT2D eigenvalue weighted by molar-refractivity contribution is 0.201. The van der Waals surface area contributed by atoms with Gasteiger partial charge in [-0.15, -0.1) is 0 Å². The third-order valence-electron chi connectivity index (χ3n) is 6.00. The molecule has 0 spiro atoms. The summed E-state index contributed by atoms with van der Waals surface area (Å²) in [5.74, 6) is -0.919. The van der Waals surface area contributed by atoms with Crippen molar-refractivity contribution >= 4 is 35.1 Å². The van der Waals surface area contributed by atoms with Crippen molar-refractivity contribution in [1.82, 2.24) is 14.9 Å². The molecular weight excluding hydrogens is 504 g/mol. The highest BCUT2D eigenvalue weighted by Gasteiger charge is 2.19. The second-order valence-electron chi connectivity index (χ2n) is 8.72. The number of halogens is 3. The average Bonchev–Trinajstić information content (AvgIpc) is 2.88. The molecule has 2 aromatic carbocycles. The molecule has 0 unspecified atom stereocenters. The molecule has 1 aliphatic rings. The molecule has 37 heavy (non-hydrogen) atoms. The fraction of sp³-hybridized carbons (Fsp3) is 0.346. The summed E-state index contributed by atoms with van der Waals surface area (Å²) in [6, 6.07) is 9.68. The highest BCUT2D eigenvalue weighted by Crippen LogP contribution is 2.25. The first-order chi connectivity index (χ1) is 17.9. The fourth-order valence-corrected chi connectivity index (χ4v) is 4.31. The van der Waals surface area contributed by atoms with Gasteiger partial charge in [-0.05, 0) is 68.8 Å². The Morgan fingerprint density at radius 3 is 2.68 bits per heavy atom. The van der Waals surface area contributed by atoms with Crippen molar-refractivity contribution in [2.24, 2.45) is 0 Å². The maximum Gasteiger partial charge on any atom is 0.413 e. The number of aromatic nitrogens is 2. The van der Waals surface area contributed by atoms with Crippen LogP contribution in [0, 0.1) is 11.6 Å². The summed E-state index contributed by atoms with van der Waals surface area (Å²) in [6.45, 7) is 3.27. The molecule has 0 radical (unpaired) electrons. The maximum absolute atomic E-state index is 14.6. The lowest BCUT2D eigenvalue weighted by Crippen LogP contribution is -2.31.